The smallest absolute Gasteiger partial charge is 0.278 e. The summed E-state index contributed by atoms with van der Waals surface area (Å²) in [4.78, 5) is 31.7. The molecular weight excluding hydrogens is 380 g/mol. The number of amides is 2. The van der Waals surface area contributed by atoms with Gasteiger partial charge in [0.25, 0.3) is 11.8 Å². The Kier molecular flexibility index (Phi) is 6.14. The van der Waals surface area contributed by atoms with Gasteiger partial charge in [-0.2, -0.15) is 0 Å². The van der Waals surface area contributed by atoms with Crippen LogP contribution in [0.15, 0.2) is 53.5 Å². The fourth-order valence-electron chi connectivity index (χ4n) is 4.47. The Balaban J connectivity index is 1.72. The van der Waals surface area contributed by atoms with Crippen molar-refractivity contribution in [3.05, 3.63) is 64.0 Å². The number of carbonyl (C=O) groups excluding carboxylic acids is 2. The Morgan fingerprint density at radius 3 is 2.31 bits per heavy atom. The topological polar surface area (TPSA) is 40.6 Å². The molecular formula is C24H28N2O2S. The summed E-state index contributed by atoms with van der Waals surface area (Å²) >= 11 is 1.53. The number of nitrogens with zero attached hydrogens (tertiary/aromatic N) is 2. The van der Waals surface area contributed by atoms with E-state index in [1.807, 2.05) is 42.6 Å². The Morgan fingerprint density at radius 2 is 1.69 bits per heavy atom. The lowest BCUT2D eigenvalue weighted by molar-refractivity contribution is -0.140. The normalized spacial score (nSPS) is 18.4. The molecule has 4 nitrogen and oxygen atoms in total. The third kappa shape index (κ3) is 4.01. The van der Waals surface area contributed by atoms with Crippen LogP contribution in [-0.2, 0) is 16.1 Å². The standard InChI is InChI=1S/C24H28N2O2S/c1-2-25(17-18-11-6-5-7-12-18)22-21(20-15-10-16-29-20)23(27)26(24(22)28)19-13-8-3-4-9-14-19/h5-7,10-12,15-16,19H,2-4,8-9,13-14,17H2,1H3. The van der Waals surface area contributed by atoms with E-state index in [-0.39, 0.29) is 17.9 Å². The van der Waals surface area contributed by atoms with E-state index in [4.69, 9.17) is 0 Å². The maximum Gasteiger partial charge on any atom is 0.278 e. The van der Waals surface area contributed by atoms with Crippen LogP contribution >= 0.6 is 11.3 Å². The highest BCUT2D eigenvalue weighted by Gasteiger charge is 2.44. The maximum atomic E-state index is 13.6. The van der Waals surface area contributed by atoms with Crippen molar-refractivity contribution < 1.29 is 9.59 Å². The van der Waals surface area contributed by atoms with Crippen molar-refractivity contribution in [1.29, 1.82) is 0 Å². The molecule has 1 aliphatic heterocycles. The lowest BCUT2D eigenvalue weighted by Crippen LogP contribution is -2.42. The minimum atomic E-state index is -0.108. The van der Waals surface area contributed by atoms with Crippen LogP contribution in [0, 0.1) is 0 Å². The monoisotopic (exact) mass is 408 g/mol. The summed E-state index contributed by atoms with van der Waals surface area (Å²) in [6, 6.07) is 14.1. The van der Waals surface area contributed by atoms with Crippen molar-refractivity contribution in [2.45, 2.75) is 58.0 Å². The highest BCUT2D eigenvalue weighted by atomic mass is 32.1. The van der Waals surface area contributed by atoms with E-state index < -0.39 is 0 Å². The molecule has 1 aliphatic carbocycles. The number of hydrogen-bond acceptors (Lipinski definition) is 4. The Morgan fingerprint density at radius 1 is 0.966 bits per heavy atom. The number of rotatable bonds is 6. The molecule has 29 heavy (non-hydrogen) atoms. The van der Waals surface area contributed by atoms with Gasteiger partial charge in [-0.25, -0.2) is 0 Å². The molecule has 2 heterocycles. The third-order valence-corrected chi connectivity index (χ3v) is 6.85. The van der Waals surface area contributed by atoms with Crippen molar-refractivity contribution in [3.63, 3.8) is 0 Å². The van der Waals surface area contributed by atoms with E-state index in [0.717, 1.165) is 36.1 Å². The quantitative estimate of drug-likeness (QED) is 0.495. The van der Waals surface area contributed by atoms with Gasteiger partial charge >= 0.3 is 0 Å². The first-order valence-electron chi connectivity index (χ1n) is 10.7. The number of hydrogen-bond donors (Lipinski definition) is 0. The zero-order valence-corrected chi connectivity index (χ0v) is 17.8. The number of thiophene rings is 1. The van der Waals surface area contributed by atoms with Gasteiger partial charge in [-0.15, -0.1) is 11.3 Å². The lowest BCUT2D eigenvalue weighted by atomic mass is 10.1. The molecule has 0 atom stereocenters. The van der Waals surface area contributed by atoms with Gasteiger partial charge in [0.1, 0.15) is 5.70 Å². The van der Waals surface area contributed by atoms with Crippen LogP contribution in [0.2, 0.25) is 0 Å². The van der Waals surface area contributed by atoms with Gasteiger partial charge in [0, 0.05) is 24.0 Å². The second-order valence-corrected chi connectivity index (χ2v) is 8.77. The molecule has 2 aromatic rings. The molecule has 0 saturated heterocycles. The Labute approximate surface area is 176 Å². The average molecular weight is 409 g/mol. The molecule has 0 spiro atoms. The summed E-state index contributed by atoms with van der Waals surface area (Å²) in [6.45, 7) is 3.35. The molecule has 1 fully saturated rings. The number of benzene rings is 1. The van der Waals surface area contributed by atoms with E-state index in [1.54, 1.807) is 4.90 Å². The summed E-state index contributed by atoms with van der Waals surface area (Å²) in [6.07, 6.45) is 6.42. The maximum absolute atomic E-state index is 13.6. The van der Waals surface area contributed by atoms with Crippen molar-refractivity contribution >= 4 is 28.7 Å². The first-order chi connectivity index (χ1) is 14.2. The zero-order chi connectivity index (χ0) is 20.2. The number of likely N-dealkylation sites (N-methyl/N-ethyl adjacent to an activating group) is 1. The first-order valence-corrected chi connectivity index (χ1v) is 11.5. The fourth-order valence-corrected chi connectivity index (χ4v) is 5.23. The molecule has 1 aromatic heterocycles. The molecule has 1 saturated carbocycles. The lowest BCUT2D eigenvalue weighted by Gasteiger charge is -2.28. The molecule has 0 bridgehead atoms. The predicted octanol–water partition coefficient (Wildman–Crippen LogP) is 5.07. The van der Waals surface area contributed by atoms with E-state index in [0.29, 0.717) is 24.4 Å². The van der Waals surface area contributed by atoms with Crippen molar-refractivity contribution in [1.82, 2.24) is 9.80 Å². The highest BCUT2D eigenvalue weighted by molar-refractivity contribution is 7.11. The average Bonchev–Trinajstić information content (AvgIpc) is 3.25. The van der Waals surface area contributed by atoms with E-state index in [9.17, 15) is 9.59 Å². The van der Waals surface area contributed by atoms with Crippen LogP contribution in [0.25, 0.3) is 5.57 Å². The van der Waals surface area contributed by atoms with Crippen LogP contribution < -0.4 is 0 Å². The van der Waals surface area contributed by atoms with Crippen LogP contribution in [0.4, 0.5) is 0 Å². The molecule has 1 aromatic carbocycles. The van der Waals surface area contributed by atoms with Crippen molar-refractivity contribution in [2.75, 3.05) is 6.54 Å². The van der Waals surface area contributed by atoms with Crippen LogP contribution in [0.3, 0.4) is 0 Å². The molecule has 152 valence electrons. The van der Waals surface area contributed by atoms with E-state index in [1.165, 1.54) is 24.2 Å². The van der Waals surface area contributed by atoms with Gasteiger partial charge in [-0.05, 0) is 36.8 Å². The molecule has 0 radical (unpaired) electrons. The van der Waals surface area contributed by atoms with Gasteiger partial charge < -0.3 is 4.90 Å². The highest BCUT2D eigenvalue weighted by Crippen LogP contribution is 2.37. The second kappa shape index (κ2) is 8.95. The van der Waals surface area contributed by atoms with Gasteiger partial charge in [0.05, 0.1) is 5.57 Å². The van der Waals surface area contributed by atoms with E-state index in [2.05, 4.69) is 17.0 Å². The molecule has 0 unspecified atom stereocenters. The Hall–Kier alpha value is -2.40. The third-order valence-electron chi connectivity index (χ3n) is 5.96. The number of imide groups is 1. The first kappa shape index (κ1) is 19.9. The van der Waals surface area contributed by atoms with Crippen LogP contribution in [-0.4, -0.2) is 34.2 Å². The molecule has 2 amide bonds. The molecule has 2 aliphatic rings. The fraction of sp³-hybridized carbons (Fsp3) is 0.417. The Bertz CT molecular complexity index is 881. The minimum Gasteiger partial charge on any atom is -0.362 e. The summed E-state index contributed by atoms with van der Waals surface area (Å²) in [5, 5.41) is 1.97. The van der Waals surface area contributed by atoms with Gasteiger partial charge in [0.15, 0.2) is 0 Å². The molecule has 0 N–H and O–H groups in total. The second-order valence-electron chi connectivity index (χ2n) is 7.83. The number of carbonyl (C=O) groups is 2. The van der Waals surface area contributed by atoms with Gasteiger partial charge in [0.2, 0.25) is 0 Å². The molecule has 4 rings (SSSR count). The summed E-state index contributed by atoms with van der Waals surface area (Å²) in [7, 11) is 0. The summed E-state index contributed by atoms with van der Waals surface area (Å²) in [5.41, 5.74) is 2.31. The predicted molar refractivity (Wildman–Crippen MR) is 117 cm³/mol. The largest absolute Gasteiger partial charge is 0.362 e. The summed E-state index contributed by atoms with van der Waals surface area (Å²) in [5.74, 6) is -0.214. The minimum absolute atomic E-state index is 0.0281. The van der Waals surface area contributed by atoms with E-state index >= 15 is 0 Å². The van der Waals surface area contributed by atoms with Gasteiger partial charge in [-0.1, -0.05) is 62.1 Å². The molecule has 5 heteroatoms. The zero-order valence-electron chi connectivity index (χ0n) is 17.0. The van der Waals surface area contributed by atoms with Crippen LogP contribution in [0.5, 0.6) is 0 Å². The summed E-state index contributed by atoms with van der Waals surface area (Å²) < 4.78 is 0. The van der Waals surface area contributed by atoms with Gasteiger partial charge in [-0.3, -0.25) is 14.5 Å². The van der Waals surface area contributed by atoms with Crippen molar-refractivity contribution in [2.24, 2.45) is 0 Å². The van der Waals surface area contributed by atoms with Crippen LogP contribution in [0.1, 0.15) is 55.9 Å². The van der Waals surface area contributed by atoms with Crippen molar-refractivity contribution in [3.8, 4) is 0 Å². The SMILES string of the molecule is CCN(Cc1ccccc1)C1=C(c2cccs2)C(=O)N(C2CCCCCC2)C1=O.